The summed E-state index contributed by atoms with van der Waals surface area (Å²) in [5.41, 5.74) is 1.17. The van der Waals surface area contributed by atoms with Crippen molar-refractivity contribution in [3.05, 3.63) is 48.0 Å². The number of rotatable bonds is 10. The van der Waals surface area contributed by atoms with Crippen LogP contribution in [0.2, 0.25) is 0 Å². The molecule has 52 heavy (non-hydrogen) atoms. The molecule has 288 valence electrons. The van der Waals surface area contributed by atoms with Crippen molar-refractivity contribution in [1.82, 2.24) is 5.32 Å². The fraction of sp³-hybridized carbons (Fsp3) is 0.756. The molecule has 1 amide bonds. The quantitative estimate of drug-likeness (QED) is 0.164. The first-order valence-corrected chi connectivity index (χ1v) is 20.3. The highest BCUT2D eigenvalue weighted by atomic mass is 16.5. The number of allylic oxidation sites excluding steroid dienone is 1. The Morgan fingerprint density at radius 1 is 0.904 bits per heavy atom. The van der Waals surface area contributed by atoms with E-state index in [1.165, 1.54) is 18.4 Å². The molecular formula is C45H67NO6. The van der Waals surface area contributed by atoms with Crippen LogP contribution in [0.3, 0.4) is 0 Å². The average molecular weight is 718 g/mol. The zero-order valence-electron chi connectivity index (χ0n) is 33.4. The number of fused-ring (bicyclic) bond motifs is 7. The highest BCUT2D eigenvalue weighted by molar-refractivity contribution is 5.81. The molecule has 0 unspecified atom stereocenters. The first-order chi connectivity index (χ1) is 24.3. The monoisotopic (exact) mass is 717 g/mol. The summed E-state index contributed by atoms with van der Waals surface area (Å²) in [6.07, 6.45) is 10.9. The zero-order valence-corrected chi connectivity index (χ0v) is 33.4. The molecule has 3 N–H and O–H groups in total. The number of carboxylic acid groups (broad SMARTS) is 1. The number of esters is 1. The molecule has 7 heteroatoms. The SMILES string of the molecule is C=C(C)[C@@H]1CC[C@]2(CC(=O)N[C@@H](CO)c3ccccc3)CC[C@]3(C)[C@H](CC[C@@H]4[C@@]5(C)CC[C@H](OC(=O)CC(C)(C)C(=O)O)C(C)(C)[C@@H]5CC[C@]43C)[C@@H]12. The van der Waals surface area contributed by atoms with Crippen molar-refractivity contribution >= 4 is 17.8 Å². The number of amides is 1. The number of carboxylic acids is 1. The molecular weight excluding hydrogens is 650 g/mol. The number of hydrogen-bond acceptors (Lipinski definition) is 5. The number of aliphatic carboxylic acids is 1. The van der Waals surface area contributed by atoms with Gasteiger partial charge in [-0.3, -0.25) is 14.4 Å². The summed E-state index contributed by atoms with van der Waals surface area (Å²) < 4.78 is 6.18. The third-order valence-corrected chi connectivity index (χ3v) is 16.8. The first kappa shape index (κ1) is 39.0. The number of carbonyl (C=O) groups excluding carboxylic acids is 2. The number of nitrogens with one attached hydrogen (secondary N) is 1. The largest absolute Gasteiger partial charge is 0.481 e. The summed E-state index contributed by atoms with van der Waals surface area (Å²) in [6, 6.07) is 9.40. The van der Waals surface area contributed by atoms with Gasteiger partial charge in [-0.15, -0.1) is 0 Å². The molecule has 0 saturated heterocycles. The van der Waals surface area contributed by atoms with Crippen LogP contribution in [0.1, 0.15) is 144 Å². The molecule has 7 nitrogen and oxygen atoms in total. The van der Waals surface area contributed by atoms with Crippen molar-refractivity contribution in [2.45, 2.75) is 145 Å². The lowest BCUT2D eigenvalue weighted by atomic mass is 9.32. The van der Waals surface area contributed by atoms with E-state index in [1.807, 2.05) is 30.3 Å². The normalized spacial score (nSPS) is 39.9. The molecule has 0 aliphatic heterocycles. The Morgan fingerprint density at radius 3 is 2.23 bits per heavy atom. The molecule has 5 aliphatic rings. The van der Waals surface area contributed by atoms with Gasteiger partial charge in [0.1, 0.15) is 6.10 Å². The lowest BCUT2D eigenvalue weighted by Gasteiger charge is -2.73. The standard InChI is InChI=1S/C45H67NO6/c1-28(2)30-17-22-45(25-36(48)46-32(27-47)29-13-11-10-12-14-29)24-23-43(8)31(38(30)45)15-16-34-42(7)20-19-35(52-37(49)26-40(3,4)39(50)51)41(5,6)33(42)18-21-44(34,43)9/h10-14,30-35,38,47H,1,15-27H2,2-9H3,(H,46,48)(H,50,51)/t30-,31+,32-,33-,34+,35-,38+,42-,43+,44+,45+/m0/s1. The topological polar surface area (TPSA) is 113 Å². The molecule has 5 aliphatic carbocycles. The fourth-order valence-corrected chi connectivity index (χ4v) is 13.9. The lowest BCUT2D eigenvalue weighted by Crippen LogP contribution is -2.67. The van der Waals surface area contributed by atoms with Crippen LogP contribution in [-0.4, -0.2) is 40.8 Å². The molecule has 0 spiro atoms. The van der Waals surface area contributed by atoms with Crippen LogP contribution in [0.5, 0.6) is 0 Å². The zero-order chi connectivity index (χ0) is 38.1. The van der Waals surface area contributed by atoms with Gasteiger partial charge in [-0.1, -0.05) is 77.1 Å². The summed E-state index contributed by atoms with van der Waals surface area (Å²) in [5.74, 6) is 0.984. The van der Waals surface area contributed by atoms with E-state index in [-0.39, 0.29) is 52.1 Å². The van der Waals surface area contributed by atoms with E-state index >= 15 is 0 Å². The van der Waals surface area contributed by atoms with Crippen LogP contribution in [0.25, 0.3) is 0 Å². The van der Waals surface area contributed by atoms with Gasteiger partial charge in [-0.2, -0.15) is 0 Å². The average Bonchev–Trinajstić information content (AvgIpc) is 3.45. The van der Waals surface area contributed by atoms with Gasteiger partial charge in [0.25, 0.3) is 0 Å². The lowest BCUT2D eigenvalue weighted by molar-refractivity contribution is -0.250. The van der Waals surface area contributed by atoms with Gasteiger partial charge in [-0.05, 0) is 142 Å². The first-order valence-electron chi connectivity index (χ1n) is 20.3. The molecule has 0 bridgehead atoms. The summed E-state index contributed by atoms with van der Waals surface area (Å²) in [5, 5.41) is 23.1. The number of benzene rings is 1. The van der Waals surface area contributed by atoms with Crippen molar-refractivity contribution in [3.63, 3.8) is 0 Å². The maximum atomic E-state index is 13.9. The van der Waals surface area contributed by atoms with Gasteiger partial charge in [0, 0.05) is 11.8 Å². The van der Waals surface area contributed by atoms with E-state index in [0.29, 0.717) is 36.0 Å². The Kier molecular flexibility index (Phi) is 10.2. The van der Waals surface area contributed by atoms with Crippen molar-refractivity contribution in [3.8, 4) is 0 Å². The molecule has 11 atom stereocenters. The van der Waals surface area contributed by atoms with Gasteiger partial charge in [0.15, 0.2) is 0 Å². The second-order valence-electron chi connectivity index (χ2n) is 20.1. The van der Waals surface area contributed by atoms with E-state index in [9.17, 15) is 24.6 Å². The van der Waals surface area contributed by atoms with E-state index in [0.717, 1.165) is 56.9 Å². The third-order valence-electron chi connectivity index (χ3n) is 16.8. The number of aliphatic hydroxyl groups excluding tert-OH is 1. The smallest absolute Gasteiger partial charge is 0.309 e. The van der Waals surface area contributed by atoms with Gasteiger partial charge in [0.05, 0.1) is 24.5 Å². The molecule has 5 fully saturated rings. The van der Waals surface area contributed by atoms with Crippen molar-refractivity contribution in [2.24, 2.45) is 62.1 Å². The Bertz CT molecular complexity index is 1550. The highest BCUT2D eigenvalue weighted by Gasteiger charge is 2.71. The molecule has 1 aromatic carbocycles. The van der Waals surface area contributed by atoms with Crippen LogP contribution in [0, 0.1) is 62.1 Å². The highest BCUT2D eigenvalue weighted by Crippen LogP contribution is 2.78. The predicted octanol–water partition coefficient (Wildman–Crippen LogP) is 9.30. The number of hydrogen-bond donors (Lipinski definition) is 3. The molecule has 0 heterocycles. The fourth-order valence-electron chi connectivity index (χ4n) is 13.9. The van der Waals surface area contributed by atoms with Crippen LogP contribution < -0.4 is 5.32 Å². The van der Waals surface area contributed by atoms with Crippen molar-refractivity contribution in [2.75, 3.05) is 6.61 Å². The third kappa shape index (κ3) is 6.17. The predicted molar refractivity (Wildman–Crippen MR) is 204 cm³/mol. The molecule has 6 rings (SSSR count). The Morgan fingerprint density at radius 2 is 1.60 bits per heavy atom. The molecule has 0 aromatic heterocycles. The van der Waals surface area contributed by atoms with Gasteiger partial charge >= 0.3 is 11.9 Å². The van der Waals surface area contributed by atoms with Crippen LogP contribution in [-0.2, 0) is 19.1 Å². The second-order valence-corrected chi connectivity index (χ2v) is 20.1. The van der Waals surface area contributed by atoms with E-state index in [4.69, 9.17) is 4.74 Å². The molecule has 0 radical (unpaired) electrons. The molecule has 1 aromatic rings. The van der Waals surface area contributed by atoms with E-state index in [1.54, 1.807) is 13.8 Å². The minimum Gasteiger partial charge on any atom is -0.481 e. The Hall–Kier alpha value is -2.67. The summed E-state index contributed by atoms with van der Waals surface area (Å²) in [6.45, 7) is 22.2. The van der Waals surface area contributed by atoms with Crippen molar-refractivity contribution < 1.29 is 29.3 Å². The number of carbonyl (C=O) groups is 3. The van der Waals surface area contributed by atoms with Gasteiger partial charge in [-0.25, -0.2) is 0 Å². The summed E-state index contributed by atoms with van der Waals surface area (Å²) in [4.78, 5) is 38.8. The minimum absolute atomic E-state index is 0.0537. The van der Waals surface area contributed by atoms with Gasteiger partial charge < -0.3 is 20.3 Å². The number of ether oxygens (including phenoxy) is 1. The second kappa shape index (κ2) is 13.6. The minimum atomic E-state index is -1.15. The molecule has 5 saturated carbocycles. The summed E-state index contributed by atoms with van der Waals surface area (Å²) >= 11 is 0. The summed E-state index contributed by atoms with van der Waals surface area (Å²) in [7, 11) is 0. The van der Waals surface area contributed by atoms with Crippen LogP contribution >= 0.6 is 0 Å². The van der Waals surface area contributed by atoms with Crippen LogP contribution in [0.15, 0.2) is 42.5 Å². The van der Waals surface area contributed by atoms with Gasteiger partial charge in [0.2, 0.25) is 5.91 Å². The van der Waals surface area contributed by atoms with E-state index in [2.05, 4.69) is 53.4 Å². The maximum Gasteiger partial charge on any atom is 0.309 e. The van der Waals surface area contributed by atoms with E-state index < -0.39 is 23.4 Å². The van der Waals surface area contributed by atoms with Crippen molar-refractivity contribution in [1.29, 1.82) is 0 Å². The maximum absolute atomic E-state index is 13.9. The Labute approximate surface area is 313 Å². The Balaban J connectivity index is 1.24. The van der Waals surface area contributed by atoms with Crippen LogP contribution in [0.4, 0.5) is 0 Å². The number of aliphatic hydroxyl groups is 1.